The molecule has 5 nitrogen and oxygen atoms in total. The number of aromatic nitrogens is 3. The molecule has 6 heteroatoms. The first-order valence-electron chi connectivity index (χ1n) is 8.46. The molecule has 0 saturated carbocycles. The Bertz CT molecular complexity index is 1080. The molecule has 0 aliphatic heterocycles. The Morgan fingerprint density at radius 3 is 2.73 bits per heavy atom. The van der Waals surface area contributed by atoms with Crippen LogP contribution in [0.4, 0.5) is 5.82 Å². The summed E-state index contributed by atoms with van der Waals surface area (Å²) >= 11 is 1.42. The fraction of sp³-hybridized carbons (Fsp3) is 0.150. The van der Waals surface area contributed by atoms with Crippen LogP contribution in [0.1, 0.15) is 27.2 Å². The van der Waals surface area contributed by atoms with Crippen molar-refractivity contribution in [1.29, 1.82) is 0 Å². The third-order valence-corrected chi connectivity index (χ3v) is 5.34. The fourth-order valence-electron chi connectivity index (χ4n) is 2.87. The lowest BCUT2D eigenvalue weighted by Gasteiger charge is -2.07. The number of amides is 1. The lowest BCUT2D eigenvalue weighted by Crippen LogP contribution is -2.12. The van der Waals surface area contributed by atoms with Crippen molar-refractivity contribution < 1.29 is 4.79 Å². The number of imidazole rings is 1. The van der Waals surface area contributed by atoms with E-state index in [1.807, 2.05) is 66.9 Å². The molecule has 0 radical (unpaired) electrons. The average Bonchev–Trinajstić information content (AvgIpc) is 3.29. The van der Waals surface area contributed by atoms with E-state index in [1.54, 1.807) is 6.20 Å². The summed E-state index contributed by atoms with van der Waals surface area (Å²) in [6.07, 6.45) is 4.37. The Labute approximate surface area is 155 Å². The van der Waals surface area contributed by atoms with Crippen molar-refractivity contribution in [2.75, 3.05) is 5.32 Å². The van der Waals surface area contributed by atoms with Crippen molar-refractivity contribution in [1.82, 2.24) is 14.4 Å². The van der Waals surface area contributed by atoms with Crippen LogP contribution in [-0.4, -0.2) is 20.3 Å². The highest BCUT2D eigenvalue weighted by Gasteiger charge is 2.19. The Morgan fingerprint density at radius 2 is 2.00 bits per heavy atom. The summed E-state index contributed by atoms with van der Waals surface area (Å²) in [6, 6.07) is 13.9. The van der Waals surface area contributed by atoms with Gasteiger partial charge in [-0.3, -0.25) is 9.20 Å². The molecule has 4 rings (SSSR count). The minimum atomic E-state index is -0.164. The molecule has 130 valence electrons. The topological polar surface area (TPSA) is 59.3 Å². The Morgan fingerprint density at radius 1 is 1.19 bits per heavy atom. The molecule has 1 aromatic carbocycles. The minimum Gasteiger partial charge on any atom is -0.305 e. The largest absolute Gasteiger partial charge is 0.305 e. The van der Waals surface area contributed by atoms with Crippen molar-refractivity contribution in [3.05, 3.63) is 70.3 Å². The quantitative estimate of drug-likeness (QED) is 0.578. The summed E-state index contributed by atoms with van der Waals surface area (Å²) in [4.78, 5) is 22.4. The zero-order valence-corrected chi connectivity index (χ0v) is 15.4. The van der Waals surface area contributed by atoms with Gasteiger partial charge in [0, 0.05) is 11.8 Å². The number of fused-ring (bicyclic) bond motifs is 1. The summed E-state index contributed by atoms with van der Waals surface area (Å²) in [5.41, 5.74) is 3.61. The molecule has 0 spiro atoms. The second-order valence-corrected chi connectivity index (χ2v) is 7.10. The normalized spacial score (nSPS) is 11.0. The van der Waals surface area contributed by atoms with Gasteiger partial charge in [0.1, 0.15) is 22.0 Å². The van der Waals surface area contributed by atoms with Crippen molar-refractivity contribution in [2.24, 2.45) is 0 Å². The zero-order valence-electron chi connectivity index (χ0n) is 14.6. The summed E-state index contributed by atoms with van der Waals surface area (Å²) in [5, 5.41) is 4.00. The summed E-state index contributed by atoms with van der Waals surface area (Å²) in [5.74, 6) is 0.508. The van der Waals surface area contributed by atoms with Gasteiger partial charge in [0.05, 0.1) is 11.2 Å². The van der Waals surface area contributed by atoms with E-state index < -0.39 is 0 Å². The lowest BCUT2D eigenvalue weighted by atomic mass is 10.1. The van der Waals surface area contributed by atoms with Gasteiger partial charge in [0.2, 0.25) is 0 Å². The Kier molecular flexibility index (Phi) is 4.26. The molecule has 0 unspecified atom stereocenters. The van der Waals surface area contributed by atoms with Crippen molar-refractivity contribution in [3.63, 3.8) is 0 Å². The van der Waals surface area contributed by atoms with Crippen LogP contribution in [0.2, 0.25) is 0 Å². The SMILES string of the molecule is CCc1ncc(C(=O)Nc2c(-c3ccccc3)nc3c(C)cccn23)s1. The maximum absolute atomic E-state index is 12.8. The molecule has 1 amide bonds. The smallest absolute Gasteiger partial charge is 0.268 e. The lowest BCUT2D eigenvalue weighted by molar-refractivity contribution is 0.103. The fourth-order valence-corrected chi connectivity index (χ4v) is 3.62. The molecular formula is C20H18N4OS. The molecule has 0 atom stereocenters. The number of rotatable bonds is 4. The average molecular weight is 362 g/mol. The van der Waals surface area contributed by atoms with Crippen LogP contribution < -0.4 is 5.32 Å². The molecule has 0 saturated heterocycles. The number of aryl methyl sites for hydroxylation is 2. The van der Waals surface area contributed by atoms with Gasteiger partial charge in [0.15, 0.2) is 0 Å². The standard InChI is InChI=1S/C20H18N4OS/c1-3-16-21-12-15(26-16)20(25)23-19-17(14-9-5-4-6-10-14)22-18-13(2)8-7-11-24(18)19/h4-12H,3H2,1-2H3,(H,23,25). The molecule has 4 aromatic rings. The monoisotopic (exact) mass is 362 g/mol. The van der Waals surface area contributed by atoms with E-state index >= 15 is 0 Å². The van der Waals surface area contributed by atoms with Crippen LogP contribution >= 0.6 is 11.3 Å². The number of nitrogens with zero attached hydrogens (tertiary/aromatic N) is 3. The minimum absolute atomic E-state index is 0.164. The van der Waals surface area contributed by atoms with Crippen molar-refractivity contribution in [3.8, 4) is 11.3 Å². The van der Waals surface area contributed by atoms with Gasteiger partial charge in [0.25, 0.3) is 5.91 Å². The number of carbonyl (C=O) groups excluding carboxylic acids is 1. The van der Waals surface area contributed by atoms with Crippen LogP contribution in [0.3, 0.4) is 0 Å². The molecule has 1 N–H and O–H groups in total. The first-order valence-corrected chi connectivity index (χ1v) is 9.28. The molecule has 0 aliphatic rings. The number of carbonyl (C=O) groups is 1. The number of hydrogen-bond donors (Lipinski definition) is 1. The number of anilines is 1. The van der Waals surface area contributed by atoms with Gasteiger partial charge in [-0.25, -0.2) is 9.97 Å². The first kappa shape index (κ1) is 16.5. The van der Waals surface area contributed by atoms with Crippen LogP contribution in [0.15, 0.2) is 54.9 Å². The van der Waals surface area contributed by atoms with Crippen LogP contribution in [0.25, 0.3) is 16.9 Å². The Hall–Kier alpha value is -2.99. The van der Waals surface area contributed by atoms with Crippen LogP contribution in [0.5, 0.6) is 0 Å². The molecule has 0 fully saturated rings. The molecule has 0 aliphatic carbocycles. The summed E-state index contributed by atoms with van der Waals surface area (Å²) < 4.78 is 1.93. The first-order chi connectivity index (χ1) is 12.7. The van der Waals surface area contributed by atoms with E-state index in [9.17, 15) is 4.79 Å². The highest BCUT2D eigenvalue weighted by molar-refractivity contribution is 7.13. The summed E-state index contributed by atoms with van der Waals surface area (Å²) in [6.45, 7) is 4.04. The van der Waals surface area contributed by atoms with Gasteiger partial charge in [-0.05, 0) is 25.0 Å². The molecular weight excluding hydrogens is 344 g/mol. The highest BCUT2D eigenvalue weighted by atomic mass is 32.1. The number of pyridine rings is 1. The van der Waals surface area contributed by atoms with E-state index in [1.165, 1.54) is 11.3 Å². The number of hydrogen-bond acceptors (Lipinski definition) is 4. The second-order valence-electron chi connectivity index (χ2n) is 5.99. The van der Waals surface area contributed by atoms with Gasteiger partial charge >= 0.3 is 0 Å². The predicted molar refractivity (Wildman–Crippen MR) is 105 cm³/mol. The van der Waals surface area contributed by atoms with Gasteiger partial charge < -0.3 is 5.32 Å². The van der Waals surface area contributed by atoms with Gasteiger partial charge in [-0.1, -0.05) is 43.3 Å². The van der Waals surface area contributed by atoms with Gasteiger partial charge in [-0.15, -0.1) is 11.3 Å². The molecule has 26 heavy (non-hydrogen) atoms. The summed E-state index contributed by atoms with van der Waals surface area (Å²) in [7, 11) is 0. The molecule has 3 aromatic heterocycles. The van der Waals surface area contributed by atoms with Crippen molar-refractivity contribution in [2.45, 2.75) is 20.3 Å². The van der Waals surface area contributed by atoms with E-state index in [4.69, 9.17) is 4.98 Å². The highest BCUT2D eigenvalue weighted by Crippen LogP contribution is 2.30. The van der Waals surface area contributed by atoms with E-state index in [0.717, 1.165) is 33.9 Å². The number of nitrogens with one attached hydrogen (secondary N) is 1. The van der Waals surface area contributed by atoms with E-state index in [2.05, 4.69) is 10.3 Å². The van der Waals surface area contributed by atoms with E-state index in [-0.39, 0.29) is 5.91 Å². The van der Waals surface area contributed by atoms with Crippen molar-refractivity contribution >= 4 is 28.7 Å². The van der Waals surface area contributed by atoms with Crippen LogP contribution in [-0.2, 0) is 6.42 Å². The number of benzene rings is 1. The molecule has 3 heterocycles. The second kappa shape index (κ2) is 6.72. The maximum Gasteiger partial charge on any atom is 0.268 e. The third-order valence-electron chi connectivity index (χ3n) is 4.20. The number of thiazole rings is 1. The van der Waals surface area contributed by atoms with Crippen LogP contribution in [0, 0.1) is 6.92 Å². The zero-order chi connectivity index (χ0) is 18.1. The Balaban J connectivity index is 1.82. The van der Waals surface area contributed by atoms with Gasteiger partial charge in [-0.2, -0.15) is 0 Å². The molecule has 0 bridgehead atoms. The maximum atomic E-state index is 12.8. The third kappa shape index (κ3) is 2.88. The predicted octanol–water partition coefficient (Wildman–Crippen LogP) is 4.58. The van der Waals surface area contributed by atoms with E-state index in [0.29, 0.717) is 10.7 Å².